The van der Waals surface area contributed by atoms with E-state index in [0.717, 1.165) is 19.3 Å². The standard InChI is InChI=1S/C21H29NO4/c1-20-8-4-5-15(20)13(7-10-22)16(6-9-20)21(2)12-14(19(25)26-3)17(23)11-18(21)24/h13-16H,4-9,11-12H2,1-3H3/t13?,14?,15-,16?,20-,21+/m0/s1. The number of rotatable bonds is 3. The van der Waals surface area contributed by atoms with Crippen molar-refractivity contribution < 1.29 is 19.1 Å². The maximum Gasteiger partial charge on any atom is 0.316 e. The largest absolute Gasteiger partial charge is 0.468 e. The van der Waals surface area contributed by atoms with E-state index in [-0.39, 0.29) is 41.7 Å². The molecule has 3 aliphatic rings. The van der Waals surface area contributed by atoms with Crippen molar-refractivity contribution in [3.63, 3.8) is 0 Å². The molecule has 26 heavy (non-hydrogen) atoms. The Morgan fingerprint density at radius 2 is 1.96 bits per heavy atom. The third kappa shape index (κ3) is 2.88. The minimum absolute atomic E-state index is 0.0582. The molecule has 142 valence electrons. The summed E-state index contributed by atoms with van der Waals surface area (Å²) in [6.07, 6.45) is 5.94. The normalized spacial score (nSPS) is 42.8. The highest BCUT2D eigenvalue weighted by Crippen LogP contribution is 2.61. The Bertz CT molecular complexity index is 665. The minimum atomic E-state index is -0.845. The number of hydrogen-bond donors (Lipinski definition) is 0. The average molecular weight is 359 g/mol. The average Bonchev–Trinajstić information content (AvgIpc) is 3.00. The lowest BCUT2D eigenvalue weighted by atomic mass is 9.50. The molecule has 3 fully saturated rings. The SMILES string of the molecule is COC(=O)C1C[C@](C)(C2CC[C@]3(C)CCC[C@H]3C2CC#N)C(=O)CC1=O. The summed E-state index contributed by atoms with van der Waals surface area (Å²) >= 11 is 0. The smallest absolute Gasteiger partial charge is 0.316 e. The Morgan fingerprint density at radius 3 is 2.62 bits per heavy atom. The predicted octanol–water partition coefficient (Wildman–Crippen LogP) is 3.46. The molecular formula is C21H29NO4. The number of carbonyl (C=O) groups excluding carboxylic acids is 3. The molecule has 3 saturated carbocycles. The van der Waals surface area contributed by atoms with E-state index >= 15 is 0 Å². The van der Waals surface area contributed by atoms with Crippen molar-refractivity contribution >= 4 is 17.5 Å². The van der Waals surface area contributed by atoms with Gasteiger partial charge in [-0.15, -0.1) is 0 Å². The molecule has 0 radical (unpaired) electrons. The Kier molecular flexibility index (Phi) is 4.98. The lowest BCUT2D eigenvalue weighted by Crippen LogP contribution is -2.52. The van der Waals surface area contributed by atoms with E-state index in [4.69, 9.17) is 4.74 Å². The van der Waals surface area contributed by atoms with Gasteiger partial charge in [0.05, 0.1) is 19.6 Å². The van der Waals surface area contributed by atoms with Crippen LogP contribution < -0.4 is 0 Å². The summed E-state index contributed by atoms with van der Waals surface area (Å²) in [5.41, 5.74) is -0.456. The van der Waals surface area contributed by atoms with Crippen molar-refractivity contribution in [3.05, 3.63) is 0 Å². The van der Waals surface area contributed by atoms with E-state index in [0.29, 0.717) is 12.3 Å². The summed E-state index contributed by atoms with van der Waals surface area (Å²) in [5.74, 6) is -1.07. The van der Waals surface area contributed by atoms with Crippen LogP contribution in [0, 0.1) is 45.8 Å². The second-order valence-corrected chi connectivity index (χ2v) is 9.09. The summed E-state index contributed by atoms with van der Waals surface area (Å²) in [4.78, 5) is 37.3. The molecule has 0 saturated heterocycles. The molecule has 0 heterocycles. The summed E-state index contributed by atoms with van der Waals surface area (Å²) in [7, 11) is 1.28. The van der Waals surface area contributed by atoms with Gasteiger partial charge in [-0.1, -0.05) is 20.3 Å². The molecular weight excluding hydrogens is 330 g/mol. The van der Waals surface area contributed by atoms with E-state index < -0.39 is 17.3 Å². The van der Waals surface area contributed by atoms with E-state index in [9.17, 15) is 19.6 Å². The Morgan fingerprint density at radius 1 is 1.23 bits per heavy atom. The van der Waals surface area contributed by atoms with Crippen LogP contribution in [0.5, 0.6) is 0 Å². The first kappa shape index (κ1) is 19.1. The van der Waals surface area contributed by atoms with Gasteiger partial charge in [-0.05, 0) is 55.3 Å². The summed E-state index contributed by atoms with van der Waals surface area (Å²) in [6, 6.07) is 2.35. The molecule has 5 heteroatoms. The van der Waals surface area contributed by atoms with Crippen molar-refractivity contribution in [1.82, 2.24) is 0 Å². The van der Waals surface area contributed by atoms with Gasteiger partial charge in [0.2, 0.25) is 0 Å². The third-order valence-corrected chi connectivity index (χ3v) is 7.84. The van der Waals surface area contributed by atoms with E-state index in [1.54, 1.807) is 0 Å². The second-order valence-electron chi connectivity index (χ2n) is 9.09. The molecule has 3 aliphatic carbocycles. The van der Waals surface area contributed by atoms with Crippen LogP contribution in [0.4, 0.5) is 0 Å². The zero-order chi connectivity index (χ0) is 19.1. The molecule has 0 aliphatic heterocycles. The quantitative estimate of drug-likeness (QED) is 0.569. The fraction of sp³-hybridized carbons (Fsp3) is 0.810. The number of esters is 1. The summed E-state index contributed by atoms with van der Waals surface area (Å²) < 4.78 is 4.81. The lowest BCUT2D eigenvalue weighted by Gasteiger charge is -2.52. The monoisotopic (exact) mass is 359 g/mol. The van der Waals surface area contributed by atoms with Crippen molar-refractivity contribution in [1.29, 1.82) is 5.26 Å². The molecule has 6 atom stereocenters. The number of hydrogen-bond acceptors (Lipinski definition) is 5. The topological polar surface area (TPSA) is 84.2 Å². The molecule has 0 amide bonds. The number of nitrogens with zero attached hydrogens (tertiary/aromatic N) is 1. The van der Waals surface area contributed by atoms with Gasteiger partial charge in [0.25, 0.3) is 0 Å². The molecule has 0 aromatic carbocycles. The van der Waals surface area contributed by atoms with Crippen molar-refractivity contribution in [3.8, 4) is 6.07 Å². The van der Waals surface area contributed by atoms with Gasteiger partial charge in [0, 0.05) is 11.8 Å². The first-order valence-electron chi connectivity index (χ1n) is 9.77. The van der Waals surface area contributed by atoms with Crippen LogP contribution in [0.3, 0.4) is 0 Å². The minimum Gasteiger partial charge on any atom is -0.468 e. The van der Waals surface area contributed by atoms with E-state index in [1.165, 1.54) is 20.0 Å². The van der Waals surface area contributed by atoms with Crippen LogP contribution >= 0.6 is 0 Å². The number of Topliss-reactive ketones (excluding diaryl/α,β-unsaturated/α-hetero) is 2. The molecule has 0 aromatic rings. The van der Waals surface area contributed by atoms with Crippen LogP contribution in [0.2, 0.25) is 0 Å². The molecule has 5 nitrogen and oxygen atoms in total. The zero-order valence-corrected chi connectivity index (χ0v) is 16.0. The van der Waals surface area contributed by atoms with Crippen LogP contribution in [-0.4, -0.2) is 24.6 Å². The van der Waals surface area contributed by atoms with Gasteiger partial charge >= 0.3 is 5.97 Å². The fourth-order valence-electron chi connectivity index (χ4n) is 6.31. The first-order chi connectivity index (χ1) is 12.3. The first-order valence-corrected chi connectivity index (χ1v) is 9.77. The van der Waals surface area contributed by atoms with Gasteiger partial charge in [-0.2, -0.15) is 5.26 Å². The maximum atomic E-state index is 12.9. The second kappa shape index (κ2) is 6.79. The molecule has 3 rings (SSSR count). The Labute approximate surface area is 155 Å². The van der Waals surface area contributed by atoms with Gasteiger partial charge in [0.15, 0.2) is 5.78 Å². The highest BCUT2D eigenvalue weighted by Gasteiger charge is 2.57. The number of ether oxygens (including phenoxy) is 1. The van der Waals surface area contributed by atoms with Gasteiger partial charge in [-0.3, -0.25) is 14.4 Å². The fourth-order valence-corrected chi connectivity index (χ4v) is 6.31. The lowest BCUT2D eigenvalue weighted by molar-refractivity contribution is -0.159. The van der Waals surface area contributed by atoms with Gasteiger partial charge in [-0.25, -0.2) is 0 Å². The Hall–Kier alpha value is -1.70. The number of carbonyl (C=O) groups is 3. The highest BCUT2D eigenvalue weighted by molar-refractivity contribution is 6.12. The Balaban J connectivity index is 1.94. The zero-order valence-electron chi connectivity index (χ0n) is 16.0. The molecule has 0 bridgehead atoms. The van der Waals surface area contributed by atoms with Gasteiger partial charge < -0.3 is 4.74 Å². The number of methoxy groups -OCH3 is 1. The molecule has 3 unspecified atom stereocenters. The van der Waals surface area contributed by atoms with Crippen molar-refractivity contribution in [2.24, 2.45) is 34.5 Å². The van der Waals surface area contributed by atoms with Crippen LogP contribution in [0.15, 0.2) is 0 Å². The summed E-state index contributed by atoms with van der Waals surface area (Å²) in [5, 5.41) is 9.45. The summed E-state index contributed by atoms with van der Waals surface area (Å²) in [6.45, 7) is 4.25. The van der Waals surface area contributed by atoms with Crippen LogP contribution in [0.1, 0.15) is 65.2 Å². The van der Waals surface area contributed by atoms with Crippen LogP contribution in [0.25, 0.3) is 0 Å². The van der Waals surface area contributed by atoms with Crippen LogP contribution in [-0.2, 0) is 19.1 Å². The maximum absolute atomic E-state index is 12.9. The van der Waals surface area contributed by atoms with Crippen molar-refractivity contribution in [2.75, 3.05) is 7.11 Å². The highest BCUT2D eigenvalue weighted by atomic mass is 16.5. The van der Waals surface area contributed by atoms with Gasteiger partial charge in [0.1, 0.15) is 11.7 Å². The predicted molar refractivity (Wildman–Crippen MR) is 94.8 cm³/mol. The van der Waals surface area contributed by atoms with Crippen molar-refractivity contribution in [2.45, 2.75) is 65.2 Å². The number of fused-ring (bicyclic) bond motifs is 1. The third-order valence-electron chi connectivity index (χ3n) is 7.84. The number of nitriles is 1. The molecule has 0 spiro atoms. The van der Waals surface area contributed by atoms with E-state index in [1.807, 2.05) is 6.92 Å². The molecule has 0 aromatic heterocycles. The molecule has 0 N–H and O–H groups in total. The van der Waals surface area contributed by atoms with E-state index in [2.05, 4.69) is 13.0 Å². The number of ketones is 2.